The predicted molar refractivity (Wildman–Crippen MR) is 74.7 cm³/mol. The molecule has 0 spiro atoms. The lowest BCUT2D eigenvalue weighted by molar-refractivity contribution is 0.813. The van der Waals surface area contributed by atoms with Gasteiger partial charge in [-0.2, -0.15) is 0 Å². The van der Waals surface area contributed by atoms with Crippen LogP contribution in [0.3, 0.4) is 0 Å². The summed E-state index contributed by atoms with van der Waals surface area (Å²) in [4.78, 5) is 12.3. The molecule has 0 bridgehead atoms. The van der Waals surface area contributed by atoms with Crippen LogP contribution in [-0.2, 0) is 6.54 Å². The van der Waals surface area contributed by atoms with Crippen molar-refractivity contribution in [3.05, 3.63) is 41.4 Å². The summed E-state index contributed by atoms with van der Waals surface area (Å²) in [5.41, 5.74) is 14.4. The number of nitrogen functional groups attached to an aromatic ring is 2. The maximum absolute atomic E-state index is 5.90. The molecule has 4 N–H and O–H groups in total. The van der Waals surface area contributed by atoms with Crippen molar-refractivity contribution in [1.82, 2.24) is 19.5 Å². The Labute approximate surface area is 114 Å². The molecule has 0 fully saturated rings. The lowest BCUT2D eigenvalue weighted by atomic mass is 10.2. The van der Waals surface area contributed by atoms with Gasteiger partial charge in [0.1, 0.15) is 11.8 Å². The Hall–Kier alpha value is -2.34. The summed E-state index contributed by atoms with van der Waals surface area (Å²) in [6.45, 7) is 0.592. The monoisotopic (exact) mass is 274 g/mol. The van der Waals surface area contributed by atoms with Crippen molar-refractivity contribution in [1.29, 1.82) is 0 Å². The number of benzene rings is 1. The van der Waals surface area contributed by atoms with Crippen LogP contribution >= 0.6 is 11.6 Å². The Balaban J connectivity index is 2.01. The summed E-state index contributed by atoms with van der Waals surface area (Å²) in [7, 11) is 0. The van der Waals surface area contributed by atoms with Gasteiger partial charge in [-0.1, -0.05) is 17.7 Å². The van der Waals surface area contributed by atoms with E-state index in [9.17, 15) is 0 Å². The molecule has 0 saturated carbocycles. The molecule has 0 atom stereocenters. The van der Waals surface area contributed by atoms with E-state index in [4.69, 9.17) is 23.1 Å². The fourth-order valence-corrected chi connectivity index (χ4v) is 2.02. The second kappa shape index (κ2) is 4.40. The number of anilines is 2. The van der Waals surface area contributed by atoms with Crippen LogP contribution in [0, 0.1) is 0 Å². The zero-order chi connectivity index (χ0) is 13.4. The van der Waals surface area contributed by atoms with E-state index < -0.39 is 0 Å². The molecule has 3 aromatic rings. The number of fused-ring (bicyclic) bond motifs is 1. The highest BCUT2D eigenvalue weighted by atomic mass is 35.5. The van der Waals surface area contributed by atoms with Crippen LogP contribution in [0.25, 0.3) is 11.2 Å². The van der Waals surface area contributed by atoms with Crippen molar-refractivity contribution in [2.45, 2.75) is 6.54 Å². The summed E-state index contributed by atoms with van der Waals surface area (Å²) in [6.07, 6.45) is 3.10. The molecular formula is C12H11ClN6. The first kappa shape index (κ1) is 11.7. The smallest absolute Gasteiger partial charge is 0.165 e. The molecule has 0 radical (unpaired) electrons. The highest BCUT2D eigenvalue weighted by molar-refractivity contribution is 6.33. The van der Waals surface area contributed by atoms with E-state index in [0.29, 0.717) is 34.2 Å². The van der Waals surface area contributed by atoms with Crippen molar-refractivity contribution in [2.24, 2.45) is 0 Å². The number of imidazole rings is 1. The van der Waals surface area contributed by atoms with E-state index in [2.05, 4.69) is 15.0 Å². The molecule has 96 valence electrons. The fourth-order valence-electron chi connectivity index (χ4n) is 1.90. The van der Waals surface area contributed by atoms with E-state index in [0.717, 1.165) is 5.56 Å². The third-order valence-corrected chi connectivity index (χ3v) is 3.19. The Bertz CT molecular complexity index is 751. The molecule has 2 aromatic heterocycles. The fraction of sp³-hybridized carbons (Fsp3) is 0.0833. The number of nitrogens with zero attached hydrogens (tertiary/aromatic N) is 4. The van der Waals surface area contributed by atoms with Crippen molar-refractivity contribution in [2.75, 3.05) is 11.5 Å². The van der Waals surface area contributed by atoms with Gasteiger partial charge in [-0.15, -0.1) is 0 Å². The normalized spacial score (nSPS) is 11.0. The Kier molecular flexibility index (Phi) is 2.72. The average Bonchev–Trinajstić information content (AvgIpc) is 2.79. The first-order valence-electron chi connectivity index (χ1n) is 5.60. The number of aromatic nitrogens is 4. The Morgan fingerprint density at radius 3 is 2.79 bits per heavy atom. The van der Waals surface area contributed by atoms with Gasteiger partial charge in [0.25, 0.3) is 0 Å². The van der Waals surface area contributed by atoms with Gasteiger partial charge in [-0.3, -0.25) is 0 Å². The minimum atomic E-state index is 0.374. The standard InChI is InChI=1S/C12H11ClN6/c13-8-2-1-7(3-9(8)14)4-19-6-18-10-11(15)16-5-17-12(10)19/h1-3,5-6H,4,14H2,(H2,15,16,17). The third kappa shape index (κ3) is 2.06. The molecule has 6 nitrogen and oxygen atoms in total. The Morgan fingerprint density at radius 2 is 2.00 bits per heavy atom. The minimum Gasteiger partial charge on any atom is -0.398 e. The summed E-state index contributed by atoms with van der Waals surface area (Å²) in [6, 6.07) is 5.52. The van der Waals surface area contributed by atoms with Crippen LogP contribution in [0.2, 0.25) is 5.02 Å². The van der Waals surface area contributed by atoms with Gasteiger partial charge in [0.15, 0.2) is 11.5 Å². The molecule has 1 aromatic carbocycles. The van der Waals surface area contributed by atoms with Crippen molar-refractivity contribution in [3.8, 4) is 0 Å². The molecule has 0 unspecified atom stereocenters. The molecule has 0 saturated heterocycles. The van der Waals surface area contributed by atoms with Crippen LogP contribution in [0.5, 0.6) is 0 Å². The van der Waals surface area contributed by atoms with Crippen molar-refractivity contribution < 1.29 is 0 Å². The number of hydrogen-bond donors (Lipinski definition) is 2. The van der Waals surface area contributed by atoms with Crippen molar-refractivity contribution in [3.63, 3.8) is 0 Å². The molecule has 0 amide bonds. The number of rotatable bonds is 2. The molecule has 3 rings (SSSR count). The van der Waals surface area contributed by atoms with Crippen LogP contribution in [0.15, 0.2) is 30.9 Å². The Morgan fingerprint density at radius 1 is 1.16 bits per heavy atom. The molecule has 0 aliphatic rings. The second-order valence-corrected chi connectivity index (χ2v) is 4.57. The van der Waals surface area contributed by atoms with Crippen LogP contribution < -0.4 is 11.5 Å². The number of hydrogen-bond acceptors (Lipinski definition) is 5. The molecule has 2 heterocycles. The summed E-state index contributed by atoms with van der Waals surface area (Å²) >= 11 is 5.90. The lowest BCUT2D eigenvalue weighted by Crippen LogP contribution is -2.01. The van der Waals surface area contributed by atoms with Crippen molar-refractivity contribution >= 4 is 34.3 Å². The molecule has 0 aliphatic carbocycles. The lowest BCUT2D eigenvalue weighted by Gasteiger charge is -2.06. The quantitative estimate of drug-likeness (QED) is 0.693. The predicted octanol–water partition coefficient (Wildman–Crippen LogP) is 1.69. The number of nitrogens with two attached hydrogens (primary N) is 2. The summed E-state index contributed by atoms with van der Waals surface area (Å²) in [5, 5.41) is 0.547. The third-order valence-electron chi connectivity index (χ3n) is 2.84. The summed E-state index contributed by atoms with van der Waals surface area (Å²) in [5.74, 6) is 0.374. The number of halogens is 1. The highest BCUT2D eigenvalue weighted by Crippen LogP contribution is 2.21. The molecular weight excluding hydrogens is 264 g/mol. The minimum absolute atomic E-state index is 0.374. The topological polar surface area (TPSA) is 95.6 Å². The first-order valence-corrected chi connectivity index (χ1v) is 5.98. The van der Waals surface area contributed by atoms with Gasteiger partial charge in [0.05, 0.1) is 23.6 Å². The second-order valence-electron chi connectivity index (χ2n) is 4.16. The summed E-state index contributed by atoms with van der Waals surface area (Å²) < 4.78 is 1.88. The van der Waals surface area contributed by atoms with Gasteiger partial charge in [-0.25, -0.2) is 15.0 Å². The van der Waals surface area contributed by atoms with E-state index in [1.807, 2.05) is 16.7 Å². The molecule has 19 heavy (non-hydrogen) atoms. The van der Waals surface area contributed by atoms with Gasteiger partial charge in [0.2, 0.25) is 0 Å². The van der Waals surface area contributed by atoms with E-state index in [1.54, 1.807) is 12.4 Å². The first-order chi connectivity index (χ1) is 9.15. The SMILES string of the molecule is Nc1cc(Cn2cnc3c(N)ncnc32)ccc1Cl. The molecule has 0 aliphatic heterocycles. The van der Waals surface area contributed by atoms with Gasteiger partial charge in [-0.05, 0) is 17.7 Å². The van der Waals surface area contributed by atoms with E-state index in [1.165, 1.54) is 6.33 Å². The van der Waals surface area contributed by atoms with E-state index in [-0.39, 0.29) is 0 Å². The zero-order valence-electron chi connectivity index (χ0n) is 9.92. The molecule has 7 heteroatoms. The van der Waals surface area contributed by atoms with Crippen LogP contribution in [0.1, 0.15) is 5.56 Å². The maximum Gasteiger partial charge on any atom is 0.165 e. The van der Waals surface area contributed by atoms with Crippen LogP contribution in [-0.4, -0.2) is 19.5 Å². The van der Waals surface area contributed by atoms with Gasteiger partial charge in [0, 0.05) is 0 Å². The van der Waals surface area contributed by atoms with Gasteiger partial charge < -0.3 is 16.0 Å². The van der Waals surface area contributed by atoms with Gasteiger partial charge >= 0.3 is 0 Å². The largest absolute Gasteiger partial charge is 0.398 e. The maximum atomic E-state index is 5.90. The van der Waals surface area contributed by atoms with Crippen LogP contribution in [0.4, 0.5) is 11.5 Å². The zero-order valence-corrected chi connectivity index (χ0v) is 10.7. The average molecular weight is 275 g/mol. The highest BCUT2D eigenvalue weighted by Gasteiger charge is 2.08. The van der Waals surface area contributed by atoms with E-state index >= 15 is 0 Å².